The number of nitrogens with zero attached hydrogens (tertiary/aromatic N) is 1. The van der Waals surface area contributed by atoms with Crippen molar-refractivity contribution < 1.29 is 18.0 Å². The molecular weight excluding hydrogens is 221 g/mol. The van der Waals surface area contributed by atoms with Crippen LogP contribution >= 0.6 is 0 Å². The van der Waals surface area contributed by atoms with Gasteiger partial charge in [-0.2, -0.15) is 13.2 Å². The van der Waals surface area contributed by atoms with Crippen LogP contribution in [0, 0.1) is 0 Å². The molecule has 0 fully saturated rings. The number of hydrogen-bond acceptors (Lipinski definition) is 3. The average molecular weight is 232 g/mol. The quantitative estimate of drug-likeness (QED) is 0.833. The Morgan fingerprint density at radius 3 is 2.50 bits per heavy atom. The fourth-order valence-electron chi connectivity index (χ4n) is 1.13. The lowest BCUT2D eigenvalue weighted by atomic mass is 10.1. The number of rotatable bonds is 5. The standard InChI is InChI=1S/C10H11F3N2O/c11-10(12,13)7-15-6-9(16)5-8-1-3-14-4-2-8/h1-4,15H,5-7H2. The highest BCUT2D eigenvalue weighted by atomic mass is 19.4. The van der Waals surface area contributed by atoms with Crippen LogP contribution in [-0.2, 0) is 11.2 Å². The highest BCUT2D eigenvalue weighted by Gasteiger charge is 2.26. The summed E-state index contributed by atoms with van der Waals surface area (Å²) >= 11 is 0. The first kappa shape index (κ1) is 12.6. The Hall–Kier alpha value is -1.43. The molecule has 1 aromatic rings. The van der Waals surface area contributed by atoms with Gasteiger partial charge in [-0.1, -0.05) is 0 Å². The third-order valence-corrected chi connectivity index (χ3v) is 1.80. The molecule has 0 spiro atoms. The molecule has 0 aliphatic carbocycles. The van der Waals surface area contributed by atoms with Crippen LogP contribution in [0.5, 0.6) is 0 Å². The van der Waals surface area contributed by atoms with Gasteiger partial charge in [-0.15, -0.1) is 0 Å². The Labute approximate surface area is 90.7 Å². The van der Waals surface area contributed by atoms with E-state index in [1.165, 1.54) is 12.4 Å². The number of ketones is 1. The Bertz CT molecular complexity index is 338. The first-order valence-electron chi connectivity index (χ1n) is 4.65. The van der Waals surface area contributed by atoms with Crippen molar-refractivity contribution in [1.82, 2.24) is 10.3 Å². The zero-order valence-electron chi connectivity index (χ0n) is 8.42. The van der Waals surface area contributed by atoms with Crippen molar-refractivity contribution in [3.8, 4) is 0 Å². The van der Waals surface area contributed by atoms with E-state index in [1.54, 1.807) is 12.1 Å². The normalized spacial score (nSPS) is 11.4. The SMILES string of the molecule is O=C(CNCC(F)(F)F)Cc1ccncc1. The lowest BCUT2D eigenvalue weighted by Crippen LogP contribution is -2.33. The summed E-state index contributed by atoms with van der Waals surface area (Å²) in [6.07, 6.45) is -1.10. The molecule has 1 aromatic heterocycles. The Balaban J connectivity index is 2.27. The van der Waals surface area contributed by atoms with Crippen LogP contribution in [0.25, 0.3) is 0 Å². The molecule has 3 nitrogen and oxygen atoms in total. The molecule has 0 unspecified atom stereocenters. The third-order valence-electron chi connectivity index (χ3n) is 1.80. The van der Waals surface area contributed by atoms with E-state index in [9.17, 15) is 18.0 Å². The lowest BCUT2D eigenvalue weighted by molar-refractivity contribution is -0.127. The van der Waals surface area contributed by atoms with Gasteiger partial charge in [0.05, 0.1) is 13.1 Å². The maximum absolute atomic E-state index is 11.8. The largest absolute Gasteiger partial charge is 0.401 e. The van der Waals surface area contributed by atoms with E-state index in [1.807, 2.05) is 0 Å². The molecule has 1 rings (SSSR count). The summed E-state index contributed by atoms with van der Waals surface area (Å²) in [6.45, 7) is -1.42. The van der Waals surface area contributed by atoms with Gasteiger partial charge in [0.25, 0.3) is 0 Å². The van der Waals surface area contributed by atoms with Gasteiger partial charge in [0.1, 0.15) is 0 Å². The summed E-state index contributed by atoms with van der Waals surface area (Å²) in [5.41, 5.74) is 0.744. The van der Waals surface area contributed by atoms with Crippen LogP contribution in [0.1, 0.15) is 5.56 Å². The fraction of sp³-hybridized carbons (Fsp3) is 0.400. The minimum atomic E-state index is -4.28. The molecule has 0 saturated heterocycles. The van der Waals surface area contributed by atoms with Crippen LogP contribution in [0.2, 0.25) is 0 Å². The highest BCUT2D eigenvalue weighted by molar-refractivity contribution is 5.82. The monoisotopic (exact) mass is 232 g/mol. The van der Waals surface area contributed by atoms with Gasteiger partial charge in [0, 0.05) is 18.8 Å². The summed E-state index contributed by atoms with van der Waals surface area (Å²) < 4.78 is 35.3. The van der Waals surface area contributed by atoms with Gasteiger partial charge < -0.3 is 5.32 Å². The first-order chi connectivity index (χ1) is 7.47. The summed E-state index contributed by atoms with van der Waals surface area (Å²) in [6, 6.07) is 3.31. The number of hydrogen-bond donors (Lipinski definition) is 1. The maximum Gasteiger partial charge on any atom is 0.401 e. The van der Waals surface area contributed by atoms with E-state index in [2.05, 4.69) is 10.3 Å². The third kappa shape index (κ3) is 5.45. The van der Waals surface area contributed by atoms with Crippen LogP contribution in [0.3, 0.4) is 0 Å². The number of aromatic nitrogens is 1. The Morgan fingerprint density at radius 2 is 1.94 bits per heavy atom. The van der Waals surface area contributed by atoms with E-state index in [0.29, 0.717) is 0 Å². The lowest BCUT2D eigenvalue weighted by Gasteiger charge is -2.07. The molecule has 0 atom stereocenters. The minimum Gasteiger partial charge on any atom is -0.302 e. The second-order valence-corrected chi connectivity index (χ2v) is 3.29. The molecule has 6 heteroatoms. The maximum atomic E-state index is 11.8. The van der Waals surface area contributed by atoms with Crippen LogP contribution in [0.15, 0.2) is 24.5 Å². The minimum absolute atomic E-state index is 0.118. The number of nitrogens with one attached hydrogen (secondary N) is 1. The zero-order valence-corrected chi connectivity index (χ0v) is 8.42. The number of halogens is 3. The fourth-order valence-corrected chi connectivity index (χ4v) is 1.13. The van der Waals surface area contributed by atoms with Gasteiger partial charge in [-0.3, -0.25) is 9.78 Å². The van der Waals surface area contributed by atoms with Crippen molar-refractivity contribution in [2.45, 2.75) is 12.6 Å². The average Bonchev–Trinajstić information content (AvgIpc) is 2.17. The first-order valence-corrected chi connectivity index (χ1v) is 4.65. The molecule has 1 heterocycles. The number of pyridine rings is 1. The van der Waals surface area contributed by atoms with Crippen molar-refractivity contribution >= 4 is 5.78 Å². The molecular formula is C10H11F3N2O. The molecule has 0 bridgehead atoms. The van der Waals surface area contributed by atoms with Crippen LogP contribution in [-0.4, -0.2) is 30.0 Å². The second-order valence-electron chi connectivity index (χ2n) is 3.29. The van der Waals surface area contributed by atoms with Crippen molar-refractivity contribution in [2.75, 3.05) is 13.1 Å². The predicted molar refractivity (Wildman–Crippen MR) is 51.9 cm³/mol. The van der Waals surface area contributed by atoms with E-state index in [-0.39, 0.29) is 18.7 Å². The van der Waals surface area contributed by atoms with Gasteiger partial charge >= 0.3 is 6.18 Å². The molecule has 0 amide bonds. The Kier molecular flexibility index (Phi) is 4.42. The van der Waals surface area contributed by atoms with E-state index >= 15 is 0 Å². The summed E-state index contributed by atoms with van der Waals surface area (Å²) in [7, 11) is 0. The topological polar surface area (TPSA) is 42.0 Å². The van der Waals surface area contributed by atoms with Crippen molar-refractivity contribution in [2.24, 2.45) is 0 Å². The molecule has 0 aliphatic rings. The van der Waals surface area contributed by atoms with E-state index < -0.39 is 12.7 Å². The summed E-state index contributed by atoms with van der Waals surface area (Å²) in [5, 5.41) is 2.06. The molecule has 0 radical (unpaired) electrons. The molecule has 0 aliphatic heterocycles. The summed E-state index contributed by atoms with van der Waals surface area (Å²) in [5.74, 6) is -0.282. The van der Waals surface area contributed by atoms with E-state index in [4.69, 9.17) is 0 Å². The van der Waals surface area contributed by atoms with Crippen LogP contribution < -0.4 is 5.32 Å². The predicted octanol–water partition coefficient (Wildman–Crippen LogP) is 1.35. The van der Waals surface area contributed by atoms with Crippen molar-refractivity contribution in [3.05, 3.63) is 30.1 Å². The van der Waals surface area contributed by atoms with Crippen LogP contribution in [0.4, 0.5) is 13.2 Å². The van der Waals surface area contributed by atoms with Crippen molar-refractivity contribution in [1.29, 1.82) is 0 Å². The second kappa shape index (κ2) is 5.60. The van der Waals surface area contributed by atoms with E-state index in [0.717, 1.165) is 5.56 Å². The summed E-state index contributed by atoms with van der Waals surface area (Å²) in [4.78, 5) is 15.0. The number of alkyl halides is 3. The number of carbonyl (C=O) groups excluding carboxylic acids is 1. The van der Waals surface area contributed by atoms with Gasteiger partial charge in [-0.25, -0.2) is 0 Å². The highest BCUT2D eigenvalue weighted by Crippen LogP contribution is 2.11. The van der Waals surface area contributed by atoms with Gasteiger partial charge in [0.15, 0.2) is 5.78 Å². The molecule has 0 saturated carbocycles. The number of Topliss-reactive ketones (excluding diaryl/α,β-unsaturated/α-hetero) is 1. The number of carbonyl (C=O) groups is 1. The molecule has 16 heavy (non-hydrogen) atoms. The zero-order chi connectivity index (χ0) is 12.0. The smallest absolute Gasteiger partial charge is 0.302 e. The molecule has 0 aromatic carbocycles. The van der Waals surface area contributed by atoms with Gasteiger partial charge in [0.2, 0.25) is 0 Å². The Morgan fingerprint density at radius 1 is 1.31 bits per heavy atom. The molecule has 1 N–H and O–H groups in total. The molecule has 88 valence electrons. The van der Waals surface area contributed by atoms with Crippen molar-refractivity contribution in [3.63, 3.8) is 0 Å². The van der Waals surface area contributed by atoms with Gasteiger partial charge in [-0.05, 0) is 17.7 Å².